The molecule has 1 N–H and O–H groups in total. The van der Waals surface area contributed by atoms with Crippen LogP contribution in [0.5, 0.6) is 5.75 Å². The fourth-order valence-electron chi connectivity index (χ4n) is 2.72. The lowest BCUT2D eigenvalue weighted by Gasteiger charge is -2.20. The van der Waals surface area contributed by atoms with E-state index >= 15 is 0 Å². The van der Waals surface area contributed by atoms with Gasteiger partial charge in [0.2, 0.25) is 0 Å². The van der Waals surface area contributed by atoms with E-state index in [0.29, 0.717) is 6.04 Å². The van der Waals surface area contributed by atoms with Gasteiger partial charge >= 0.3 is 0 Å². The number of rotatable bonds is 5. The molecule has 1 saturated carbocycles. The first-order chi connectivity index (χ1) is 9.98. The van der Waals surface area contributed by atoms with Crippen LogP contribution in [0.15, 0.2) is 18.2 Å². The van der Waals surface area contributed by atoms with Crippen LogP contribution in [0.3, 0.4) is 0 Å². The molecule has 1 aliphatic carbocycles. The van der Waals surface area contributed by atoms with Crippen molar-refractivity contribution < 1.29 is 4.74 Å². The van der Waals surface area contributed by atoms with Gasteiger partial charge in [-0.15, -0.1) is 0 Å². The van der Waals surface area contributed by atoms with Gasteiger partial charge in [0, 0.05) is 30.6 Å². The predicted octanol–water partition coefficient (Wildman–Crippen LogP) is 3.31. The second kappa shape index (κ2) is 5.34. The highest BCUT2D eigenvalue weighted by molar-refractivity contribution is 5.78. The van der Waals surface area contributed by atoms with E-state index in [1.54, 1.807) is 7.11 Å². The van der Waals surface area contributed by atoms with Gasteiger partial charge in [-0.2, -0.15) is 0 Å². The van der Waals surface area contributed by atoms with E-state index in [2.05, 4.69) is 36.7 Å². The summed E-state index contributed by atoms with van der Waals surface area (Å²) in [4.78, 5) is 4.85. The number of aromatic nitrogens is 2. The molecule has 0 aliphatic heterocycles. The minimum absolute atomic E-state index is 0.152. The molecule has 1 aromatic carbocycles. The maximum absolute atomic E-state index is 5.31. The zero-order valence-corrected chi connectivity index (χ0v) is 13.4. The van der Waals surface area contributed by atoms with Crippen LogP contribution in [0.4, 0.5) is 0 Å². The summed E-state index contributed by atoms with van der Waals surface area (Å²) in [6, 6.07) is 6.85. The Morgan fingerprint density at radius 2 is 2.10 bits per heavy atom. The van der Waals surface area contributed by atoms with Crippen LogP contribution < -0.4 is 10.1 Å². The van der Waals surface area contributed by atoms with Gasteiger partial charge in [0.25, 0.3) is 0 Å². The molecule has 0 radical (unpaired) electrons. The fraction of sp³-hybridized carbons (Fsp3) is 0.588. The van der Waals surface area contributed by atoms with E-state index in [1.165, 1.54) is 24.2 Å². The minimum Gasteiger partial charge on any atom is -0.497 e. The fourth-order valence-corrected chi connectivity index (χ4v) is 2.72. The van der Waals surface area contributed by atoms with Crippen molar-refractivity contribution in [1.82, 2.24) is 14.9 Å². The lowest BCUT2D eigenvalue weighted by molar-refractivity contribution is 0.415. The molecule has 3 rings (SSSR count). The summed E-state index contributed by atoms with van der Waals surface area (Å²) in [6.45, 7) is 7.54. The van der Waals surface area contributed by atoms with Crippen LogP contribution in [0.2, 0.25) is 0 Å². The zero-order chi connectivity index (χ0) is 15.0. The third-order valence-electron chi connectivity index (χ3n) is 3.89. The Labute approximate surface area is 126 Å². The van der Waals surface area contributed by atoms with E-state index in [9.17, 15) is 0 Å². The topological polar surface area (TPSA) is 39.1 Å². The number of nitrogens with zero attached hydrogens (tertiary/aromatic N) is 2. The Hall–Kier alpha value is -1.55. The molecule has 0 saturated heterocycles. The number of imidazole rings is 1. The Morgan fingerprint density at radius 1 is 1.33 bits per heavy atom. The van der Waals surface area contributed by atoms with Crippen molar-refractivity contribution in [2.45, 2.75) is 51.6 Å². The van der Waals surface area contributed by atoms with Crippen molar-refractivity contribution in [3.8, 4) is 5.75 Å². The lowest BCUT2D eigenvalue weighted by atomic mass is 10.1. The number of fused-ring (bicyclic) bond motifs is 1. The standard InChI is InChI=1S/C17H25N3O/c1-17(2,3)18-10-9-16-19-14-11-13(21-4)7-8-15(14)20(16)12-5-6-12/h7-8,11-12,18H,5-6,9-10H2,1-4H3. The average molecular weight is 287 g/mol. The first kappa shape index (κ1) is 14.4. The third-order valence-corrected chi connectivity index (χ3v) is 3.89. The van der Waals surface area contributed by atoms with Crippen LogP contribution in [0.25, 0.3) is 11.0 Å². The molecule has 2 aromatic rings. The number of benzene rings is 1. The third kappa shape index (κ3) is 3.21. The van der Waals surface area contributed by atoms with Gasteiger partial charge < -0.3 is 14.6 Å². The van der Waals surface area contributed by atoms with Crippen molar-refractivity contribution in [2.24, 2.45) is 0 Å². The van der Waals surface area contributed by atoms with Gasteiger partial charge in [-0.05, 0) is 45.7 Å². The van der Waals surface area contributed by atoms with Crippen molar-refractivity contribution >= 4 is 11.0 Å². The first-order valence-electron chi connectivity index (χ1n) is 7.78. The maximum atomic E-state index is 5.31. The second-order valence-electron chi connectivity index (χ2n) is 6.91. The molecule has 0 spiro atoms. The highest BCUT2D eigenvalue weighted by atomic mass is 16.5. The summed E-state index contributed by atoms with van der Waals surface area (Å²) in [7, 11) is 1.70. The van der Waals surface area contributed by atoms with Gasteiger partial charge in [-0.1, -0.05) is 0 Å². The second-order valence-corrected chi connectivity index (χ2v) is 6.91. The van der Waals surface area contributed by atoms with Gasteiger partial charge in [0.15, 0.2) is 0 Å². The van der Waals surface area contributed by atoms with Crippen molar-refractivity contribution in [2.75, 3.05) is 13.7 Å². The summed E-state index contributed by atoms with van der Waals surface area (Å²) in [5, 5.41) is 3.55. The number of ether oxygens (including phenoxy) is 1. The molecule has 1 aromatic heterocycles. The molecule has 1 aliphatic rings. The smallest absolute Gasteiger partial charge is 0.121 e. The van der Waals surface area contributed by atoms with Crippen molar-refractivity contribution in [3.63, 3.8) is 0 Å². The minimum atomic E-state index is 0.152. The average Bonchev–Trinajstić information content (AvgIpc) is 3.18. The largest absolute Gasteiger partial charge is 0.497 e. The summed E-state index contributed by atoms with van der Waals surface area (Å²) in [5.74, 6) is 2.07. The summed E-state index contributed by atoms with van der Waals surface area (Å²) >= 11 is 0. The molecule has 4 heteroatoms. The number of nitrogens with one attached hydrogen (secondary N) is 1. The maximum Gasteiger partial charge on any atom is 0.121 e. The molecule has 0 amide bonds. The van der Waals surface area contributed by atoms with E-state index in [1.807, 2.05) is 12.1 Å². The Kier molecular flexibility index (Phi) is 3.66. The number of hydrogen-bond donors (Lipinski definition) is 1. The molecule has 0 atom stereocenters. The molecule has 1 fully saturated rings. The first-order valence-corrected chi connectivity index (χ1v) is 7.78. The van der Waals surface area contributed by atoms with Crippen LogP contribution in [0, 0.1) is 0 Å². The van der Waals surface area contributed by atoms with Gasteiger partial charge in [-0.25, -0.2) is 4.98 Å². The highest BCUT2D eigenvalue weighted by Gasteiger charge is 2.28. The molecule has 1 heterocycles. The van der Waals surface area contributed by atoms with E-state index in [0.717, 1.165) is 24.2 Å². The Balaban J connectivity index is 1.88. The molecule has 4 nitrogen and oxygen atoms in total. The highest BCUT2D eigenvalue weighted by Crippen LogP contribution is 2.39. The summed E-state index contributed by atoms with van der Waals surface area (Å²) in [5.41, 5.74) is 2.44. The predicted molar refractivity (Wildman–Crippen MR) is 86.0 cm³/mol. The van der Waals surface area contributed by atoms with Crippen molar-refractivity contribution in [1.29, 1.82) is 0 Å². The van der Waals surface area contributed by atoms with Crippen LogP contribution in [0.1, 0.15) is 45.5 Å². The number of methoxy groups -OCH3 is 1. The molecular formula is C17H25N3O. The van der Waals surface area contributed by atoms with Gasteiger partial charge in [-0.3, -0.25) is 0 Å². The molecular weight excluding hydrogens is 262 g/mol. The molecule has 114 valence electrons. The quantitative estimate of drug-likeness (QED) is 0.917. The van der Waals surface area contributed by atoms with Crippen LogP contribution >= 0.6 is 0 Å². The van der Waals surface area contributed by atoms with Crippen molar-refractivity contribution in [3.05, 3.63) is 24.0 Å². The van der Waals surface area contributed by atoms with E-state index in [4.69, 9.17) is 9.72 Å². The molecule has 21 heavy (non-hydrogen) atoms. The van der Waals surface area contributed by atoms with Crippen LogP contribution in [-0.4, -0.2) is 28.7 Å². The van der Waals surface area contributed by atoms with Crippen LogP contribution in [-0.2, 0) is 6.42 Å². The number of hydrogen-bond acceptors (Lipinski definition) is 3. The Morgan fingerprint density at radius 3 is 2.71 bits per heavy atom. The molecule has 0 unspecified atom stereocenters. The Bertz CT molecular complexity index is 635. The van der Waals surface area contributed by atoms with Gasteiger partial charge in [0.05, 0.1) is 18.1 Å². The summed E-state index contributed by atoms with van der Waals surface area (Å²) < 4.78 is 7.74. The molecule has 0 bridgehead atoms. The normalized spacial score (nSPS) is 15.6. The zero-order valence-electron chi connectivity index (χ0n) is 13.4. The van der Waals surface area contributed by atoms with E-state index < -0.39 is 0 Å². The SMILES string of the molecule is COc1ccc2c(c1)nc(CCNC(C)(C)C)n2C1CC1. The summed E-state index contributed by atoms with van der Waals surface area (Å²) in [6.07, 6.45) is 3.51. The monoisotopic (exact) mass is 287 g/mol. The lowest BCUT2D eigenvalue weighted by Crippen LogP contribution is -2.37. The van der Waals surface area contributed by atoms with Gasteiger partial charge in [0.1, 0.15) is 11.6 Å². The van der Waals surface area contributed by atoms with E-state index in [-0.39, 0.29) is 5.54 Å².